The summed E-state index contributed by atoms with van der Waals surface area (Å²) in [5.41, 5.74) is 0.792. The van der Waals surface area contributed by atoms with Gasteiger partial charge in [0.2, 0.25) is 0 Å². The van der Waals surface area contributed by atoms with Gasteiger partial charge in [-0.2, -0.15) is 0 Å². The molecule has 0 atom stereocenters. The van der Waals surface area contributed by atoms with Crippen molar-refractivity contribution < 1.29 is 9.47 Å². The Morgan fingerprint density at radius 3 is 2.44 bits per heavy atom. The van der Waals surface area contributed by atoms with E-state index in [0.29, 0.717) is 12.5 Å². The highest BCUT2D eigenvalue weighted by molar-refractivity contribution is 6.16. The van der Waals surface area contributed by atoms with Gasteiger partial charge in [0.15, 0.2) is 0 Å². The van der Waals surface area contributed by atoms with Crippen molar-refractivity contribution in [3.05, 3.63) is 48.3 Å². The van der Waals surface area contributed by atoms with Crippen LogP contribution in [0.1, 0.15) is 12.6 Å². The zero-order valence-electron chi connectivity index (χ0n) is 10.1. The quantitative estimate of drug-likeness (QED) is 0.764. The minimum atomic E-state index is 0.375. The molecule has 0 bridgehead atoms. The van der Waals surface area contributed by atoms with Crippen molar-refractivity contribution in [3.63, 3.8) is 0 Å². The number of nitrogens with zero attached hydrogens (tertiary/aromatic N) is 1. The van der Waals surface area contributed by atoms with Crippen LogP contribution in [0.3, 0.4) is 0 Å². The number of aromatic nitrogens is 1. The van der Waals surface area contributed by atoms with Crippen molar-refractivity contribution in [2.24, 2.45) is 0 Å². The first-order valence-corrected chi connectivity index (χ1v) is 6.27. The van der Waals surface area contributed by atoms with Crippen molar-refractivity contribution in [2.75, 3.05) is 6.61 Å². The lowest BCUT2D eigenvalue weighted by Crippen LogP contribution is -1.91. The average Bonchev–Trinajstić information content (AvgIpc) is 2.42. The van der Waals surface area contributed by atoms with E-state index in [0.717, 1.165) is 22.9 Å². The fourth-order valence-electron chi connectivity index (χ4n) is 1.50. The van der Waals surface area contributed by atoms with Gasteiger partial charge < -0.3 is 9.47 Å². The summed E-state index contributed by atoms with van der Waals surface area (Å²) in [6.45, 7) is 2.61. The Hall–Kier alpha value is -1.74. The SMILES string of the molecule is CCOc1ccc(Oc2ccnc(CCl)c2)cc1. The van der Waals surface area contributed by atoms with Crippen molar-refractivity contribution in [1.29, 1.82) is 0 Å². The molecule has 2 aromatic rings. The van der Waals surface area contributed by atoms with Gasteiger partial charge in [0.05, 0.1) is 18.2 Å². The van der Waals surface area contributed by atoms with E-state index in [1.165, 1.54) is 0 Å². The van der Waals surface area contributed by atoms with E-state index in [1.54, 1.807) is 12.3 Å². The maximum absolute atomic E-state index is 5.72. The van der Waals surface area contributed by atoms with E-state index >= 15 is 0 Å². The summed E-state index contributed by atoms with van der Waals surface area (Å²) in [5.74, 6) is 2.69. The van der Waals surface area contributed by atoms with Crippen molar-refractivity contribution in [3.8, 4) is 17.2 Å². The third kappa shape index (κ3) is 3.37. The Bertz CT molecular complexity index is 499. The monoisotopic (exact) mass is 263 g/mol. The first-order valence-electron chi connectivity index (χ1n) is 5.73. The van der Waals surface area contributed by atoms with Crippen LogP contribution in [0, 0.1) is 0 Å². The highest BCUT2D eigenvalue weighted by Gasteiger charge is 2.00. The number of hydrogen-bond donors (Lipinski definition) is 0. The standard InChI is InChI=1S/C14H14ClNO2/c1-2-17-12-3-5-13(6-4-12)18-14-7-8-16-11(9-14)10-15/h3-9H,2,10H2,1H3. The molecule has 0 unspecified atom stereocenters. The van der Waals surface area contributed by atoms with E-state index < -0.39 is 0 Å². The first-order chi connectivity index (χ1) is 8.81. The van der Waals surface area contributed by atoms with E-state index in [9.17, 15) is 0 Å². The maximum atomic E-state index is 5.72. The Labute approximate surface area is 111 Å². The Kier molecular flexibility index (Phi) is 4.42. The average molecular weight is 264 g/mol. The second kappa shape index (κ2) is 6.26. The van der Waals surface area contributed by atoms with E-state index in [1.807, 2.05) is 37.3 Å². The van der Waals surface area contributed by atoms with Gasteiger partial charge in [-0.1, -0.05) is 0 Å². The molecule has 0 radical (unpaired) electrons. The predicted octanol–water partition coefficient (Wildman–Crippen LogP) is 4.01. The number of halogens is 1. The molecule has 0 saturated carbocycles. The molecule has 0 fully saturated rings. The Morgan fingerprint density at radius 2 is 1.78 bits per heavy atom. The van der Waals surface area contributed by atoms with Crippen LogP contribution in [0.2, 0.25) is 0 Å². The smallest absolute Gasteiger partial charge is 0.130 e. The van der Waals surface area contributed by atoms with Crippen molar-refractivity contribution in [1.82, 2.24) is 4.98 Å². The summed E-state index contributed by atoms with van der Waals surface area (Å²) >= 11 is 5.72. The molecule has 1 aromatic heterocycles. The van der Waals surface area contributed by atoms with Gasteiger partial charge >= 0.3 is 0 Å². The molecular formula is C14H14ClNO2. The molecule has 0 saturated heterocycles. The zero-order valence-corrected chi connectivity index (χ0v) is 10.9. The van der Waals surface area contributed by atoms with E-state index in [-0.39, 0.29) is 0 Å². The Balaban J connectivity index is 2.08. The molecule has 2 rings (SSSR count). The molecule has 18 heavy (non-hydrogen) atoms. The molecule has 0 amide bonds. The summed E-state index contributed by atoms with van der Waals surface area (Å²) in [7, 11) is 0. The molecule has 1 aromatic carbocycles. The van der Waals surface area contributed by atoms with Crippen molar-refractivity contribution in [2.45, 2.75) is 12.8 Å². The largest absolute Gasteiger partial charge is 0.494 e. The van der Waals surface area contributed by atoms with Gasteiger partial charge in [-0.25, -0.2) is 0 Å². The predicted molar refractivity (Wildman–Crippen MR) is 71.5 cm³/mol. The van der Waals surface area contributed by atoms with Crippen LogP contribution in [-0.4, -0.2) is 11.6 Å². The third-order valence-corrected chi connectivity index (χ3v) is 2.57. The molecular weight excluding hydrogens is 250 g/mol. The van der Waals surface area contributed by atoms with Crippen LogP contribution in [0.4, 0.5) is 0 Å². The van der Waals surface area contributed by atoms with Gasteiger partial charge in [-0.15, -0.1) is 11.6 Å². The van der Waals surface area contributed by atoms with Crippen LogP contribution < -0.4 is 9.47 Å². The van der Waals surface area contributed by atoms with E-state index in [2.05, 4.69) is 4.98 Å². The van der Waals surface area contributed by atoms with Crippen LogP contribution in [0.15, 0.2) is 42.6 Å². The lowest BCUT2D eigenvalue weighted by molar-refractivity contribution is 0.339. The Morgan fingerprint density at radius 1 is 1.06 bits per heavy atom. The molecule has 1 heterocycles. The number of rotatable bonds is 5. The zero-order chi connectivity index (χ0) is 12.8. The molecule has 0 aliphatic carbocycles. The van der Waals surface area contributed by atoms with Gasteiger partial charge in [0.1, 0.15) is 17.2 Å². The van der Waals surface area contributed by atoms with Gasteiger partial charge in [0.25, 0.3) is 0 Å². The fourth-order valence-corrected chi connectivity index (χ4v) is 1.65. The number of ether oxygens (including phenoxy) is 2. The number of pyridine rings is 1. The number of alkyl halides is 1. The summed E-state index contributed by atoms with van der Waals surface area (Å²) < 4.78 is 11.1. The number of hydrogen-bond acceptors (Lipinski definition) is 3. The van der Waals surface area contributed by atoms with E-state index in [4.69, 9.17) is 21.1 Å². The van der Waals surface area contributed by atoms with Crippen LogP contribution in [0.25, 0.3) is 0 Å². The molecule has 0 aliphatic heterocycles. The molecule has 0 N–H and O–H groups in total. The summed E-state index contributed by atoms with van der Waals surface area (Å²) in [5, 5.41) is 0. The topological polar surface area (TPSA) is 31.4 Å². The maximum Gasteiger partial charge on any atom is 0.130 e. The molecule has 0 aliphatic rings. The molecule has 94 valence electrons. The number of benzene rings is 1. The van der Waals surface area contributed by atoms with Gasteiger partial charge in [-0.3, -0.25) is 4.98 Å². The lowest BCUT2D eigenvalue weighted by Gasteiger charge is -2.07. The lowest BCUT2D eigenvalue weighted by atomic mass is 10.3. The van der Waals surface area contributed by atoms with Crippen LogP contribution >= 0.6 is 11.6 Å². The molecule has 3 nitrogen and oxygen atoms in total. The van der Waals surface area contributed by atoms with Gasteiger partial charge in [-0.05, 0) is 37.3 Å². The van der Waals surface area contributed by atoms with Crippen LogP contribution in [-0.2, 0) is 5.88 Å². The fraction of sp³-hybridized carbons (Fsp3) is 0.214. The second-order valence-corrected chi connectivity index (χ2v) is 3.89. The first kappa shape index (κ1) is 12.7. The summed E-state index contributed by atoms with van der Waals surface area (Å²) in [4.78, 5) is 4.11. The third-order valence-electron chi connectivity index (χ3n) is 2.30. The highest BCUT2D eigenvalue weighted by atomic mass is 35.5. The second-order valence-electron chi connectivity index (χ2n) is 3.62. The van der Waals surface area contributed by atoms with Crippen molar-refractivity contribution >= 4 is 11.6 Å². The summed E-state index contributed by atoms with van der Waals surface area (Å²) in [6.07, 6.45) is 1.68. The summed E-state index contributed by atoms with van der Waals surface area (Å²) in [6, 6.07) is 11.1. The van der Waals surface area contributed by atoms with Crippen LogP contribution in [0.5, 0.6) is 17.2 Å². The molecule has 0 spiro atoms. The van der Waals surface area contributed by atoms with Gasteiger partial charge in [0, 0.05) is 12.3 Å². The normalized spacial score (nSPS) is 10.1. The minimum absolute atomic E-state index is 0.375. The highest BCUT2D eigenvalue weighted by Crippen LogP contribution is 2.24. The molecule has 4 heteroatoms. The minimum Gasteiger partial charge on any atom is -0.494 e.